The lowest BCUT2D eigenvalue weighted by Crippen LogP contribution is -2.53. The van der Waals surface area contributed by atoms with E-state index >= 15 is 0 Å². The molecule has 6 heteroatoms. The first kappa shape index (κ1) is 18.6. The summed E-state index contributed by atoms with van der Waals surface area (Å²) in [4.78, 5) is 12.4. The van der Waals surface area contributed by atoms with Crippen molar-refractivity contribution in [1.29, 1.82) is 5.26 Å². The number of hydrogen-bond acceptors (Lipinski definition) is 4. The molecule has 27 heavy (non-hydrogen) atoms. The highest BCUT2D eigenvalue weighted by Gasteiger charge is 2.43. The second-order valence-corrected chi connectivity index (χ2v) is 6.89. The zero-order chi connectivity index (χ0) is 19.6. The van der Waals surface area contributed by atoms with Crippen LogP contribution in [0.3, 0.4) is 0 Å². The Balaban J connectivity index is 1.85. The Morgan fingerprint density at radius 1 is 1.30 bits per heavy atom. The normalized spacial score (nSPS) is 20.4. The molecule has 0 saturated carbocycles. The molecule has 3 rings (SSSR count). The standard InChI is InChI=1S/C21H19FN2O3/c1-21(2)20(26)19(16-11-14(12-23)5-9-17(16)27-21)24-18(25)10-6-13-3-7-15(22)8-4-13/h3-11,19-20,26H,1-2H3,(H,24,25)/b10-6+/t19-,20+/m0/s1. The lowest BCUT2D eigenvalue weighted by molar-refractivity contribution is -0.121. The zero-order valence-corrected chi connectivity index (χ0v) is 14.9. The summed E-state index contributed by atoms with van der Waals surface area (Å²) in [5, 5.41) is 22.6. The first-order valence-electron chi connectivity index (χ1n) is 8.45. The molecule has 0 bridgehead atoms. The van der Waals surface area contributed by atoms with Crippen LogP contribution in [0.4, 0.5) is 4.39 Å². The summed E-state index contributed by atoms with van der Waals surface area (Å²) in [5.74, 6) is -0.263. The third-order valence-electron chi connectivity index (χ3n) is 4.47. The van der Waals surface area contributed by atoms with Gasteiger partial charge in [-0.2, -0.15) is 5.26 Å². The maximum atomic E-state index is 12.9. The van der Waals surface area contributed by atoms with Crippen LogP contribution in [0.1, 0.15) is 36.6 Å². The second kappa shape index (κ2) is 7.22. The molecule has 0 radical (unpaired) electrons. The van der Waals surface area contributed by atoms with Crippen LogP contribution in [0, 0.1) is 17.1 Å². The van der Waals surface area contributed by atoms with Gasteiger partial charge < -0.3 is 15.2 Å². The number of hydrogen-bond donors (Lipinski definition) is 2. The van der Waals surface area contributed by atoms with Crippen LogP contribution in [0.15, 0.2) is 48.5 Å². The van der Waals surface area contributed by atoms with Crippen molar-refractivity contribution in [1.82, 2.24) is 5.32 Å². The van der Waals surface area contributed by atoms with E-state index in [1.54, 1.807) is 50.3 Å². The van der Waals surface area contributed by atoms with Gasteiger partial charge in [-0.3, -0.25) is 4.79 Å². The highest BCUT2D eigenvalue weighted by atomic mass is 19.1. The molecule has 1 amide bonds. The van der Waals surface area contributed by atoms with Crippen LogP contribution >= 0.6 is 0 Å². The number of amides is 1. The highest BCUT2D eigenvalue weighted by molar-refractivity contribution is 5.92. The smallest absolute Gasteiger partial charge is 0.244 e. The molecule has 1 aliphatic heterocycles. The number of halogens is 1. The molecular formula is C21H19FN2O3. The van der Waals surface area contributed by atoms with E-state index in [0.717, 1.165) is 0 Å². The van der Waals surface area contributed by atoms with E-state index < -0.39 is 23.7 Å². The predicted molar refractivity (Wildman–Crippen MR) is 98.2 cm³/mol. The van der Waals surface area contributed by atoms with Gasteiger partial charge in [0.25, 0.3) is 0 Å². The average molecular weight is 366 g/mol. The maximum Gasteiger partial charge on any atom is 0.244 e. The van der Waals surface area contributed by atoms with E-state index in [1.165, 1.54) is 18.2 Å². The molecule has 0 aliphatic carbocycles. The quantitative estimate of drug-likeness (QED) is 0.818. The van der Waals surface area contributed by atoms with Crippen molar-refractivity contribution in [3.05, 3.63) is 71.0 Å². The van der Waals surface area contributed by atoms with Gasteiger partial charge >= 0.3 is 0 Å². The van der Waals surface area contributed by atoms with Crippen LogP contribution in [0.2, 0.25) is 0 Å². The van der Waals surface area contributed by atoms with E-state index in [0.29, 0.717) is 22.4 Å². The maximum absolute atomic E-state index is 12.9. The van der Waals surface area contributed by atoms with E-state index in [4.69, 9.17) is 10.00 Å². The topological polar surface area (TPSA) is 82.3 Å². The van der Waals surface area contributed by atoms with Crippen molar-refractivity contribution < 1.29 is 19.0 Å². The number of aliphatic hydroxyl groups excluding tert-OH is 1. The third-order valence-corrected chi connectivity index (χ3v) is 4.47. The number of benzene rings is 2. The van der Waals surface area contributed by atoms with Crippen LogP contribution in [0.5, 0.6) is 5.75 Å². The molecule has 5 nitrogen and oxygen atoms in total. The third kappa shape index (κ3) is 3.99. The molecule has 1 heterocycles. The Hall–Kier alpha value is -3.17. The molecule has 2 N–H and O–H groups in total. The molecule has 2 atom stereocenters. The van der Waals surface area contributed by atoms with Gasteiger partial charge in [0.1, 0.15) is 23.3 Å². The Morgan fingerprint density at radius 3 is 2.67 bits per heavy atom. The summed E-state index contributed by atoms with van der Waals surface area (Å²) in [6.07, 6.45) is 1.86. The number of nitrogens with zero attached hydrogens (tertiary/aromatic N) is 1. The van der Waals surface area contributed by atoms with Gasteiger partial charge in [-0.1, -0.05) is 12.1 Å². The summed E-state index contributed by atoms with van der Waals surface area (Å²) in [6.45, 7) is 3.46. The zero-order valence-electron chi connectivity index (χ0n) is 14.9. The minimum Gasteiger partial charge on any atom is -0.485 e. The Morgan fingerprint density at radius 2 is 2.00 bits per heavy atom. The lowest BCUT2D eigenvalue weighted by atomic mass is 9.86. The highest BCUT2D eigenvalue weighted by Crippen LogP contribution is 2.40. The second-order valence-electron chi connectivity index (χ2n) is 6.89. The summed E-state index contributed by atoms with van der Waals surface area (Å²) in [7, 11) is 0. The Bertz CT molecular complexity index is 929. The van der Waals surface area contributed by atoms with Gasteiger partial charge in [-0.25, -0.2) is 4.39 Å². The molecule has 0 spiro atoms. The van der Waals surface area contributed by atoms with Crippen molar-refractivity contribution in [2.75, 3.05) is 0 Å². The van der Waals surface area contributed by atoms with Gasteiger partial charge in [0.2, 0.25) is 5.91 Å². The first-order valence-corrected chi connectivity index (χ1v) is 8.45. The van der Waals surface area contributed by atoms with Gasteiger partial charge in [0.05, 0.1) is 17.7 Å². The molecule has 1 aliphatic rings. The number of fused-ring (bicyclic) bond motifs is 1. The van der Waals surface area contributed by atoms with Crippen LogP contribution in [-0.4, -0.2) is 22.7 Å². The molecule has 2 aromatic carbocycles. The van der Waals surface area contributed by atoms with Crippen LogP contribution in [0.25, 0.3) is 6.08 Å². The van der Waals surface area contributed by atoms with Gasteiger partial charge in [-0.15, -0.1) is 0 Å². The van der Waals surface area contributed by atoms with E-state index in [2.05, 4.69) is 5.32 Å². The fraction of sp³-hybridized carbons (Fsp3) is 0.238. The number of aliphatic hydroxyl groups is 1. The Labute approximate surface area is 156 Å². The van der Waals surface area contributed by atoms with Crippen LogP contribution < -0.4 is 10.1 Å². The number of nitriles is 1. The fourth-order valence-electron chi connectivity index (χ4n) is 2.97. The molecule has 0 unspecified atom stereocenters. The summed E-state index contributed by atoms with van der Waals surface area (Å²) in [6, 6.07) is 11.9. The number of rotatable bonds is 3. The van der Waals surface area contributed by atoms with Crippen molar-refractivity contribution >= 4 is 12.0 Å². The SMILES string of the molecule is CC1(C)Oc2ccc(C#N)cc2[C@H](NC(=O)/C=C/c2ccc(F)cc2)[C@H]1O. The predicted octanol–water partition coefficient (Wildman–Crippen LogP) is 3.10. The largest absolute Gasteiger partial charge is 0.485 e. The molecule has 2 aromatic rings. The average Bonchev–Trinajstić information content (AvgIpc) is 2.64. The molecule has 138 valence electrons. The van der Waals surface area contributed by atoms with Crippen molar-refractivity contribution in [2.24, 2.45) is 0 Å². The van der Waals surface area contributed by atoms with Gasteiger partial charge in [0, 0.05) is 11.6 Å². The minimum absolute atomic E-state index is 0.353. The lowest BCUT2D eigenvalue weighted by Gasteiger charge is -2.42. The summed E-state index contributed by atoms with van der Waals surface area (Å²) >= 11 is 0. The monoisotopic (exact) mass is 366 g/mol. The first-order chi connectivity index (χ1) is 12.8. The van der Waals surface area contributed by atoms with Crippen molar-refractivity contribution in [2.45, 2.75) is 31.6 Å². The van der Waals surface area contributed by atoms with Crippen LogP contribution in [-0.2, 0) is 4.79 Å². The number of ether oxygens (including phenoxy) is 1. The summed E-state index contributed by atoms with van der Waals surface area (Å²) in [5.41, 5.74) is 0.709. The van der Waals surface area contributed by atoms with Crippen molar-refractivity contribution in [3.63, 3.8) is 0 Å². The number of nitrogens with one attached hydrogen (secondary N) is 1. The molecular weight excluding hydrogens is 347 g/mol. The summed E-state index contributed by atoms with van der Waals surface area (Å²) < 4.78 is 18.8. The fourth-order valence-corrected chi connectivity index (χ4v) is 2.97. The molecule has 0 aromatic heterocycles. The minimum atomic E-state index is -1.01. The van der Waals surface area contributed by atoms with Gasteiger partial charge in [-0.05, 0) is 55.8 Å². The van der Waals surface area contributed by atoms with Gasteiger partial charge in [0.15, 0.2) is 0 Å². The van der Waals surface area contributed by atoms with Crippen molar-refractivity contribution in [3.8, 4) is 11.8 Å². The van der Waals surface area contributed by atoms with E-state index in [9.17, 15) is 14.3 Å². The molecule has 0 saturated heterocycles. The number of carbonyl (C=O) groups is 1. The molecule has 0 fully saturated rings. The Kier molecular flexibility index (Phi) is 4.98. The van der Waals surface area contributed by atoms with E-state index in [1.807, 2.05) is 6.07 Å². The van der Waals surface area contributed by atoms with E-state index in [-0.39, 0.29) is 5.82 Å². The number of carbonyl (C=O) groups excluding carboxylic acids is 1.